The molecule has 1 amide bonds. The van der Waals surface area contributed by atoms with E-state index in [1.807, 2.05) is 0 Å². The van der Waals surface area contributed by atoms with Gasteiger partial charge in [0, 0.05) is 5.75 Å². The van der Waals surface area contributed by atoms with Crippen molar-refractivity contribution in [2.24, 2.45) is 10.9 Å². The van der Waals surface area contributed by atoms with Crippen LogP contribution in [0, 0.1) is 0 Å². The van der Waals surface area contributed by atoms with Crippen molar-refractivity contribution in [3.05, 3.63) is 11.3 Å². The second kappa shape index (κ2) is 6.56. The molecule has 2 aliphatic heterocycles. The fraction of sp³-hybridized carbons (Fsp3) is 0.500. The summed E-state index contributed by atoms with van der Waals surface area (Å²) in [6, 6.07) is -0.774. The highest BCUT2D eigenvalue weighted by atomic mass is 32.2. The molecule has 0 saturated carbocycles. The van der Waals surface area contributed by atoms with Crippen LogP contribution < -0.4 is 10.9 Å². The lowest BCUT2D eigenvalue weighted by molar-refractivity contribution is -0.147. The second-order valence-electron chi connectivity index (χ2n) is 5.26. The maximum absolute atomic E-state index is 12.0. The summed E-state index contributed by atoms with van der Waals surface area (Å²) in [5.41, 5.74) is 5.69. The number of amides is 1. The second-order valence-corrected chi connectivity index (χ2v) is 9.21. The van der Waals surface area contributed by atoms with Crippen LogP contribution in [0.1, 0.15) is 0 Å². The van der Waals surface area contributed by atoms with E-state index in [-0.39, 0.29) is 22.2 Å². The van der Waals surface area contributed by atoms with Gasteiger partial charge in [-0.2, -0.15) is 0 Å². The van der Waals surface area contributed by atoms with Gasteiger partial charge in [0.2, 0.25) is 21.1 Å². The Kier molecular flexibility index (Phi) is 4.76. The van der Waals surface area contributed by atoms with E-state index >= 15 is 0 Å². The fourth-order valence-electron chi connectivity index (χ4n) is 2.54. The number of carbonyl (C=O) groups is 2. The number of hydrogen-bond acceptors (Lipinski definition) is 10. The first-order valence-corrected chi connectivity index (χ1v) is 10.4. The van der Waals surface area contributed by atoms with Gasteiger partial charge in [-0.25, -0.2) is 23.4 Å². The number of aromatic nitrogens is 4. The summed E-state index contributed by atoms with van der Waals surface area (Å²) in [6.07, 6.45) is 0. The highest BCUT2D eigenvalue weighted by molar-refractivity contribution is 8.02. The molecule has 1 aromatic heterocycles. The van der Waals surface area contributed by atoms with E-state index in [0.29, 0.717) is 0 Å². The van der Waals surface area contributed by atoms with E-state index in [1.54, 1.807) is 0 Å². The molecular formula is C10H13N7O5S3. The molecule has 1 aromatic rings. The van der Waals surface area contributed by atoms with Crippen molar-refractivity contribution in [3.63, 3.8) is 0 Å². The molecule has 3 heterocycles. The third-order valence-electron chi connectivity index (χ3n) is 3.59. The van der Waals surface area contributed by atoms with Crippen molar-refractivity contribution in [2.75, 3.05) is 11.5 Å². The van der Waals surface area contributed by atoms with Gasteiger partial charge in [-0.3, -0.25) is 9.69 Å². The Bertz CT molecular complexity index is 839. The first kappa shape index (κ1) is 18.1. The summed E-state index contributed by atoms with van der Waals surface area (Å²) >= 11 is 2.19. The van der Waals surface area contributed by atoms with Crippen LogP contribution in [0.4, 0.5) is 0 Å². The van der Waals surface area contributed by atoms with Crippen LogP contribution in [0.15, 0.2) is 16.4 Å². The molecule has 0 spiro atoms. The molecule has 6 N–H and O–H groups in total. The van der Waals surface area contributed by atoms with Gasteiger partial charge in [0.15, 0.2) is 0 Å². The number of tetrazole rings is 1. The third kappa shape index (κ3) is 3.50. The summed E-state index contributed by atoms with van der Waals surface area (Å²) in [6.45, 7) is 0. The Balaban J connectivity index is 2.02. The number of fused-ring (bicyclic) bond motifs is 1. The minimum absolute atomic E-state index is 0.193. The Hall–Kier alpha value is -1.68. The minimum atomic E-state index is -3.93. The number of aliphatic carboxylic acids is 1. The number of H-pyrrole nitrogens is 1. The molecule has 2 aliphatic rings. The first-order chi connectivity index (χ1) is 11.7. The van der Waals surface area contributed by atoms with E-state index < -0.39 is 44.3 Å². The summed E-state index contributed by atoms with van der Waals surface area (Å²) in [5, 5.41) is 26.5. The van der Waals surface area contributed by atoms with Crippen molar-refractivity contribution >= 4 is 45.4 Å². The number of carbonyl (C=O) groups excluding carboxylic acids is 1. The molecule has 2 unspecified atom stereocenters. The van der Waals surface area contributed by atoms with Crippen molar-refractivity contribution in [2.45, 2.75) is 21.8 Å². The van der Waals surface area contributed by atoms with Crippen molar-refractivity contribution in [3.8, 4) is 0 Å². The Labute approximate surface area is 149 Å². The van der Waals surface area contributed by atoms with Crippen LogP contribution in [0.25, 0.3) is 0 Å². The number of rotatable bonds is 6. The van der Waals surface area contributed by atoms with E-state index in [4.69, 9.17) is 10.9 Å². The standard InChI is InChI=1S/C10H13N7O5S3/c11-5-7(18)17-6(9(19)20)3(1-23-8(5)17)4(2-25(12,21)22)24-10-13-15-16-14-10/h4-5,8H,1-2,11H2,(H,19,20)(H2,12,21,22)(H,13,14,15,16)/t4?,5?,8-/m0/s1. The van der Waals surface area contributed by atoms with Gasteiger partial charge in [-0.05, 0) is 16.0 Å². The monoisotopic (exact) mass is 407 g/mol. The number of carboxylic acids is 1. The van der Waals surface area contributed by atoms with Crippen LogP contribution in [-0.4, -0.2) is 79.1 Å². The lowest BCUT2D eigenvalue weighted by Crippen LogP contribution is -2.68. The molecule has 0 radical (unpaired) electrons. The zero-order valence-corrected chi connectivity index (χ0v) is 14.8. The topological polar surface area (TPSA) is 198 Å². The molecule has 12 nitrogen and oxygen atoms in total. The minimum Gasteiger partial charge on any atom is -0.477 e. The van der Waals surface area contributed by atoms with Gasteiger partial charge in [-0.1, -0.05) is 11.8 Å². The number of nitrogens with two attached hydrogens (primary N) is 2. The van der Waals surface area contributed by atoms with Crippen LogP contribution in [0.5, 0.6) is 0 Å². The van der Waals surface area contributed by atoms with Gasteiger partial charge < -0.3 is 10.8 Å². The number of primary sulfonamides is 1. The molecule has 3 rings (SSSR count). The van der Waals surface area contributed by atoms with Crippen molar-refractivity contribution in [1.29, 1.82) is 0 Å². The number of nitrogens with one attached hydrogen (secondary N) is 1. The van der Waals surface area contributed by atoms with Crippen LogP contribution >= 0.6 is 23.5 Å². The number of thioether (sulfide) groups is 2. The molecule has 25 heavy (non-hydrogen) atoms. The van der Waals surface area contributed by atoms with E-state index in [9.17, 15) is 23.1 Å². The maximum Gasteiger partial charge on any atom is 0.352 e. The predicted molar refractivity (Wildman–Crippen MR) is 87.5 cm³/mol. The smallest absolute Gasteiger partial charge is 0.352 e. The molecule has 15 heteroatoms. The molecule has 0 bridgehead atoms. The average molecular weight is 407 g/mol. The SMILES string of the molecule is NC1C(=O)N2C(C(=O)O)=C(C(CS(N)(=O)=O)Sc3nnn[nH]3)CS[C@@H]12. The number of hydrogen-bond donors (Lipinski definition) is 4. The van der Waals surface area contributed by atoms with Gasteiger partial charge in [0.1, 0.15) is 17.1 Å². The van der Waals surface area contributed by atoms with Crippen LogP contribution in [0.3, 0.4) is 0 Å². The molecule has 0 aromatic carbocycles. The Morgan fingerprint density at radius 3 is 2.84 bits per heavy atom. The number of aromatic amines is 1. The third-order valence-corrected chi connectivity index (χ3v) is 7.06. The van der Waals surface area contributed by atoms with Crippen molar-refractivity contribution < 1.29 is 23.1 Å². The normalized spacial score (nSPS) is 24.7. The fourth-order valence-corrected chi connectivity index (χ4v) is 6.26. The van der Waals surface area contributed by atoms with Crippen LogP contribution in [0.2, 0.25) is 0 Å². The van der Waals surface area contributed by atoms with Crippen molar-refractivity contribution in [1.82, 2.24) is 25.5 Å². The number of nitrogens with zero attached hydrogens (tertiary/aromatic N) is 4. The molecular weight excluding hydrogens is 394 g/mol. The van der Waals surface area contributed by atoms with E-state index in [1.165, 1.54) is 11.8 Å². The van der Waals surface area contributed by atoms with Gasteiger partial charge in [0.25, 0.3) is 0 Å². The van der Waals surface area contributed by atoms with Gasteiger partial charge in [-0.15, -0.1) is 16.9 Å². The first-order valence-electron chi connectivity index (χ1n) is 6.76. The average Bonchev–Trinajstić information content (AvgIpc) is 3.03. The number of sulfonamides is 1. The largest absolute Gasteiger partial charge is 0.477 e. The molecule has 1 fully saturated rings. The van der Waals surface area contributed by atoms with E-state index in [2.05, 4.69) is 20.6 Å². The zero-order valence-electron chi connectivity index (χ0n) is 12.4. The number of carboxylic acid groups (broad SMARTS) is 1. The summed E-state index contributed by atoms with van der Waals surface area (Å²) in [7, 11) is -3.93. The molecule has 0 aliphatic carbocycles. The van der Waals surface area contributed by atoms with Crippen LogP contribution in [-0.2, 0) is 19.6 Å². The molecule has 1 saturated heterocycles. The lowest BCUT2D eigenvalue weighted by Gasteiger charge is -2.48. The highest BCUT2D eigenvalue weighted by Crippen LogP contribution is 2.43. The predicted octanol–water partition coefficient (Wildman–Crippen LogP) is -2.47. The summed E-state index contributed by atoms with van der Waals surface area (Å²) < 4.78 is 23.2. The Morgan fingerprint density at radius 1 is 1.56 bits per heavy atom. The zero-order chi connectivity index (χ0) is 18.4. The van der Waals surface area contributed by atoms with E-state index in [0.717, 1.165) is 16.7 Å². The summed E-state index contributed by atoms with van der Waals surface area (Å²) in [5.74, 6) is -2.20. The summed E-state index contributed by atoms with van der Waals surface area (Å²) in [4.78, 5) is 24.8. The lowest BCUT2D eigenvalue weighted by atomic mass is 10.0. The number of β-lactam (4-membered cyclic amide) rings is 1. The molecule has 136 valence electrons. The van der Waals surface area contributed by atoms with Gasteiger partial charge in [0.05, 0.1) is 11.0 Å². The highest BCUT2D eigenvalue weighted by Gasteiger charge is 2.52. The molecule has 3 atom stereocenters. The Morgan fingerprint density at radius 2 is 2.28 bits per heavy atom. The van der Waals surface area contributed by atoms with Gasteiger partial charge >= 0.3 is 5.97 Å². The quantitative estimate of drug-likeness (QED) is 0.288. The maximum atomic E-state index is 12.0.